The van der Waals surface area contributed by atoms with Gasteiger partial charge in [0.1, 0.15) is 28.4 Å². The molecule has 5 N–H and O–H groups in total. The van der Waals surface area contributed by atoms with Crippen molar-refractivity contribution in [2.45, 2.75) is 0 Å². The minimum atomic E-state index is -1.45. The van der Waals surface area contributed by atoms with Crippen LogP contribution in [0.15, 0.2) is 36.4 Å². The second-order valence-corrected chi connectivity index (χ2v) is 4.12. The molecule has 7 nitrogen and oxygen atoms in total. The SMILES string of the molecule is Nc1ccc(C(=O)Oc2cccc(O)c2C(=O)O)c(O)c1. The second-order valence-electron chi connectivity index (χ2n) is 4.12. The van der Waals surface area contributed by atoms with Crippen molar-refractivity contribution in [1.29, 1.82) is 0 Å². The first kappa shape index (κ1) is 14.2. The van der Waals surface area contributed by atoms with E-state index in [0.717, 1.165) is 12.1 Å². The number of rotatable bonds is 3. The van der Waals surface area contributed by atoms with E-state index in [1.54, 1.807) is 0 Å². The number of aromatic hydroxyl groups is 2. The molecule has 21 heavy (non-hydrogen) atoms. The van der Waals surface area contributed by atoms with Crippen molar-refractivity contribution in [3.63, 3.8) is 0 Å². The molecule has 0 heterocycles. The van der Waals surface area contributed by atoms with Crippen LogP contribution < -0.4 is 10.5 Å². The summed E-state index contributed by atoms with van der Waals surface area (Å²) in [7, 11) is 0. The summed E-state index contributed by atoms with van der Waals surface area (Å²) in [5.74, 6) is -3.67. The monoisotopic (exact) mass is 289 g/mol. The number of ether oxygens (including phenoxy) is 1. The Kier molecular flexibility index (Phi) is 3.66. The van der Waals surface area contributed by atoms with Crippen LogP contribution >= 0.6 is 0 Å². The van der Waals surface area contributed by atoms with Crippen molar-refractivity contribution in [1.82, 2.24) is 0 Å². The summed E-state index contributed by atoms with van der Waals surface area (Å²) in [5.41, 5.74) is 4.98. The highest BCUT2D eigenvalue weighted by molar-refractivity contribution is 5.98. The van der Waals surface area contributed by atoms with Crippen LogP contribution in [0.3, 0.4) is 0 Å². The van der Waals surface area contributed by atoms with Crippen molar-refractivity contribution in [2.75, 3.05) is 5.73 Å². The topological polar surface area (TPSA) is 130 Å². The molecule has 0 aliphatic rings. The minimum Gasteiger partial charge on any atom is -0.507 e. The van der Waals surface area contributed by atoms with Crippen LogP contribution in [-0.4, -0.2) is 27.3 Å². The predicted octanol–water partition coefficient (Wildman–Crippen LogP) is 1.60. The van der Waals surface area contributed by atoms with Crippen LogP contribution in [0.4, 0.5) is 5.69 Å². The van der Waals surface area contributed by atoms with Gasteiger partial charge in [0.2, 0.25) is 0 Å². The van der Waals surface area contributed by atoms with Crippen molar-refractivity contribution in [2.24, 2.45) is 0 Å². The summed E-state index contributed by atoms with van der Waals surface area (Å²) in [5, 5.41) is 28.1. The Bertz CT molecular complexity index is 725. The molecular weight excluding hydrogens is 278 g/mol. The van der Waals surface area contributed by atoms with E-state index in [-0.39, 0.29) is 17.0 Å². The zero-order valence-electron chi connectivity index (χ0n) is 10.6. The van der Waals surface area contributed by atoms with Crippen molar-refractivity contribution >= 4 is 17.6 Å². The van der Waals surface area contributed by atoms with Gasteiger partial charge in [0, 0.05) is 11.8 Å². The number of phenolic OH excluding ortho intramolecular Hbond substituents is 1. The molecule has 2 rings (SSSR count). The van der Waals surface area contributed by atoms with Gasteiger partial charge in [-0.25, -0.2) is 9.59 Å². The maximum Gasteiger partial charge on any atom is 0.347 e. The molecule has 0 aliphatic carbocycles. The van der Waals surface area contributed by atoms with Crippen LogP contribution in [0, 0.1) is 0 Å². The first-order valence-corrected chi connectivity index (χ1v) is 5.76. The average Bonchev–Trinajstić information content (AvgIpc) is 2.37. The van der Waals surface area contributed by atoms with Gasteiger partial charge in [0.15, 0.2) is 0 Å². The Morgan fingerprint density at radius 1 is 1.05 bits per heavy atom. The molecule has 108 valence electrons. The number of esters is 1. The zero-order chi connectivity index (χ0) is 15.6. The Morgan fingerprint density at radius 2 is 1.76 bits per heavy atom. The van der Waals surface area contributed by atoms with E-state index in [1.807, 2.05) is 0 Å². The molecule has 0 saturated carbocycles. The largest absolute Gasteiger partial charge is 0.507 e. The first-order valence-electron chi connectivity index (χ1n) is 5.76. The lowest BCUT2D eigenvalue weighted by Gasteiger charge is -2.09. The predicted molar refractivity (Wildman–Crippen MR) is 72.5 cm³/mol. The number of carbonyl (C=O) groups is 2. The molecule has 0 atom stereocenters. The van der Waals surface area contributed by atoms with Crippen LogP contribution in [-0.2, 0) is 0 Å². The minimum absolute atomic E-state index is 0.177. The fraction of sp³-hybridized carbons (Fsp3) is 0. The highest BCUT2D eigenvalue weighted by Crippen LogP contribution is 2.29. The maximum absolute atomic E-state index is 11.9. The number of benzene rings is 2. The second kappa shape index (κ2) is 5.41. The number of carbonyl (C=O) groups excluding carboxylic acids is 1. The van der Waals surface area contributed by atoms with Crippen molar-refractivity contribution in [3.05, 3.63) is 47.5 Å². The molecule has 0 radical (unpaired) electrons. The van der Waals surface area contributed by atoms with Gasteiger partial charge in [-0.2, -0.15) is 0 Å². The van der Waals surface area contributed by atoms with E-state index in [1.165, 1.54) is 24.3 Å². The average molecular weight is 289 g/mol. The van der Waals surface area contributed by atoms with Crippen molar-refractivity contribution in [3.8, 4) is 17.2 Å². The van der Waals surface area contributed by atoms with E-state index in [9.17, 15) is 19.8 Å². The standard InChI is InChI=1S/C14H11NO6/c15-7-4-5-8(10(17)6-7)14(20)21-11-3-1-2-9(16)12(11)13(18)19/h1-6,16-17H,15H2,(H,18,19). The third-order valence-corrected chi connectivity index (χ3v) is 2.66. The lowest BCUT2D eigenvalue weighted by molar-refractivity contribution is 0.0678. The zero-order valence-corrected chi connectivity index (χ0v) is 10.6. The molecule has 0 aromatic heterocycles. The summed E-state index contributed by atoms with van der Waals surface area (Å²) < 4.78 is 4.91. The van der Waals surface area contributed by atoms with Gasteiger partial charge in [-0.05, 0) is 24.3 Å². The number of carboxylic acids is 1. The molecular formula is C14H11NO6. The third-order valence-electron chi connectivity index (χ3n) is 2.66. The van der Waals surface area contributed by atoms with Gasteiger partial charge in [-0.15, -0.1) is 0 Å². The van der Waals surface area contributed by atoms with Gasteiger partial charge in [0.05, 0.1) is 0 Å². The van der Waals surface area contributed by atoms with Gasteiger partial charge in [-0.1, -0.05) is 6.07 Å². The van der Waals surface area contributed by atoms with Crippen LogP contribution in [0.1, 0.15) is 20.7 Å². The maximum atomic E-state index is 11.9. The number of phenols is 2. The van der Waals surface area contributed by atoms with Crippen LogP contribution in [0.2, 0.25) is 0 Å². The third kappa shape index (κ3) is 2.86. The summed E-state index contributed by atoms with van der Waals surface area (Å²) in [6.45, 7) is 0. The summed E-state index contributed by atoms with van der Waals surface area (Å²) in [6.07, 6.45) is 0. The van der Waals surface area contributed by atoms with Crippen molar-refractivity contribution < 1.29 is 29.6 Å². The number of hydrogen-bond acceptors (Lipinski definition) is 6. The Balaban J connectivity index is 2.36. The quantitative estimate of drug-likeness (QED) is 0.383. The molecule has 2 aromatic rings. The van der Waals surface area contributed by atoms with E-state index in [0.29, 0.717) is 0 Å². The van der Waals surface area contributed by atoms with Gasteiger partial charge in [0.25, 0.3) is 0 Å². The lowest BCUT2D eigenvalue weighted by atomic mass is 10.1. The molecule has 0 amide bonds. The molecule has 0 fully saturated rings. The molecule has 2 aromatic carbocycles. The number of nitrogens with two attached hydrogens (primary N) is 1. The molecule has 0 bridgehead atoms. The smallest absolute Gasteiger partial charge is 0.347 e. The number of aromatic carboxylic acids is 1. The fourth-order valence-corrected chi connectivity index (χ4v) is 1.70. The summed E-state index contributed by atoms with van der Waals surface area (Å²) in [4.78, 5) is 23.0. The number of hydrogen-bond donors (Lipinski definition) is 4. The van der Waals surface area contributed by atoms with E-state index >= 15 is 0 Å². The number of carboxylic acid groups (broad SMARTS) is 1. The van der Waals surface area contributed by atoms with Gasteiger partial charge in [-0.3, -0.25) is 0 Å². The van der Waals surface area contributed by atoms with Gasteiger partial charge >= 0.3 is 11.9 Å². The molecule has 0 spiro atoms. The van der Waals surface area contributed by atoms with E-state index in [2.05, 4.69) is 0 Å². The number of anilines is 1. The molecule has 0 saturated heterocycles. The first-order chi connectivity index (χ1) is 9.90. The fourth-order valence-electron chi connectivity index (χ4n) is 1.70. The highest BCUT2D eigenvalue weighted by Gasteiger charge is 2.21. The molecule has 0 aliphatic heterocycles. The molecule has 0 unspecified atom stereocenters. The van der Waals surface area contributed by atoms with Gasteiger partial charge < -0.3 is 25.8 Å². The van der Waals surface area contributed by atoms with E-state index < -0.39 is 29.0 Å². The Hall–Kier alpha value is -3.22. The Labute approximate surface area is 118 Å². The summed E-state index contributed by atoms with van der Waals surface area (Å²) in [6, 6.07) is 7.49. The van der Waals surface area contributed by atoms with Crippen LogP contribution in [0.5, 0.6) is 17.2 Å². The normalized spacial score (nSPS) is 10.1. The summed E-state index contributed by atoms with van der Waals surface area (Å²) >= 11 is 0. The highest BCUT2D eigenvalue weighted by atomic mass is 16.5. The number of nitrogen functional groups attached to an aromatic ring is 1. The molecule has 7 heteroatoms. The Morgan fingerprint density at radius 3 is 2.38 bits per heavy atom. The van der Waals surface area contributed by atoms with Crippen LogP contribution in [0.25, 0.3) is 0 Å². The van der Waals surface area contributed by atoms with E-state index in [4.69, 9.17) is 15.6 Å². The lowest BCUT2D eigenvalue weighted by Crippen LogP contribution is -2.12.